The minimum atomic E-state index is -0.432. The van der Waals surface area contributed by atoms with Crippen LogP contribution >= 0.6 is 0 Å². The number of carbonyl (C=O) groups excluding carboxylic acids is 1. The van der Waals surface area contributed by atoms with E-state index < -0.39 is 5.60 Å². The quantitative estimate of drug-likeness (QED) is 0.864. The number of hydrogen-bond acceptors (Lipinski definition) is 4. The minimum Gasteiger partial charge on any atom is -0.444 e. The predicted molar refractivity (Wildman–Crippen MR) is 91.9 cm³/mol. The summed E-state index contributed by atoms with van der Waals surface area (Å²) in [6.45, 7) is 10.9. The molecular weight excluding hydrogens is 290 g/mol. The lowest BCUT2D eigenvalue weighted by Gasteiger charge is -2.38. The van der Waals surface area contributed by atoms with Gasteiger partial charge in [0.05, 0.1) is 0 Å². The van der Waals surface area contributed by atoms with Gasteiger partial charge in [-0.05, 0) is 50.9 Å². The van der Waals surface area contributed by atoms with Gasteiger partial charge in [0.1, 0.15) is 5.60 Å². The molecule has 0 unspecified atom stereocenters. The number of amides is 1. The first-order valence-electron chi connectivity index (χ1n) is 8.48. The fourth-order valence-electron chi connectivity index (χ4n) is 3.25. The zero-order valence-electron chi connectivity index (χ0n) is 14.4. The Balaban J connectivity index is 1.65. The molecule has 5 nitrogen and oxygen atoms in total. The molecule has 0 bridgehead atoms. The van der Waals surface area contributed by atoms with Crippen LogP contribution in [0.1, 0.15) is 31.9 Å². The average molecular weight is 317 g/mol. The van der Waals surface area contributed by atoms with Gasteiger partial charge in [0.2, 0.25) is 0 Å². The summed E-state index contributed by atoms with van der Waals surface area (Å²) in [5, 5.41) is 3.46. The van der Waals surface area contributed by atoms with Gasteiger partial charge in [0.15, 0.2) is 0 Å². The highest BCUT2D eigenvalue weighted by molar-refractivity contribution is 5.69. The third-order valence-corrected chi connectivity index (χ3v) is 4.39. The Labute approximate surface area is 138 Å². The Kier molecular flexibility index (Phi) is 4.48. The molecule has 0 radical (unpaired) electrons. The Morgan fingerprint density at radius 3 is 2.61 bits per heavy atom. The lowest BCUT2D eigenvalue weighted by molar-refractivity contribution is 0.0240. The summed E-state index contributed by atoms with van der Waals surface area (Å²) in [6, 6.07) is 6.59. The number of hydrogen-bond donors (Lipinski definition) is 1. The smallest absolute Gasteiger partial charge is 0.410 e. The molecule has 0 saturated carbocycles. The standard InChI is InChI=1S/C18H27N3O2/c1-18(2,3)23-17(22)21-11-9-20(10-12-21)16-6-4-5-14-7-8-19-13-15(14)16/h4-6,19H,7-13H2,1-3H3. The molecule has 0 aliphatic carbocycles. The zero-order valence-corrected chi connectivity index (χ0v) is 14.4. The number of anilines is 1. The molecule has 0 atom stereocenters. The molecular formula is C18H27N3O2. The summed E-state index contributed by atoms with van der Waals surface area (Å²) in [5.41, 5.74) is 3.76. The van der Waals surface area contributed by atoms with Crippen molar-refractivity contribution in [2.45, 2.75) is 39.3 Å². The van der Waals surface area contributed by atoms with Crippen molar-refractivity contribution < 1.29 is 9.53 Å². The molecule has 126 valence electrons. The van der Waals surface area contributed by atoms with Crippen molar-refractivity contribution in [3.05, 3.63) is 29.3 Å². The van der Waals surface area contributed by atoms with Crippen LogP contribution in [0, 0.1) is 0 Å². The largest absolute Gasteiger partial charge is 0.444 e. The van der Waals surface area contributed by atoms with E-state index in [2.05, 4.69) is 28.4 Å². The van der Waals surface area contributed by atoms with E-state index in [1.54, 1.807) is 0 Å². The van der Waals surface area contributed by atoms with Gasteiger partial charge in [0, 0.05) is 38.4 Å². The molecule has 3 rings (SSSR count). The third kappa shape index (κ3) is 3.78. The molecule has 0 aromatic heterocycles. The van der Waals surface area contributed by atoms with Gasteiger partial charge in [-0.3, -0.25) is 0 Å². The minimum absolute atomic E-state index is 0.200. The summed E-state index contributed by atoms with van der Waals surface area (Å²) in [6.07, 6.45) is 0.898. The first kappa shape index (κ1) is 16.1. The third-order valence-electron chi connectivity index (χ3n) is 4.39. The number of nitrogens with one attached hydrogen (secondary N) is 1. The van der Waals surface area contributed by atoms with Crippen LogP contribution in [-0.2, 0) is 17.7 Å². The van der Waals surface area contributed by atoms with Crippen molar-refractivity contribution in [3.8, 4) is 0 Å². The summed E-state index contributed by atoms with van der Waals surface area (Å²) < 4.78 is 5.47. The number of carbonyl (C=O) groups is 1. The Hall–Kier alpha value is -1.75. The number of ether oxygens (including phenoxy) is 1. The van der Waals surface area contributed by atoms with E-state index in [1.807, 2.05) is 25.7 Å². The van der Waals surface area contributed by atoms with E-state index in [1.165, 1.54) is 16.8 Å². The van der Waals surface area contributed by atoms with Crippen molar-refractivity contribution in [2.75, 3.05) is 37.6 Å². The van der Waals surface area contributed by atoms with Crippen LogP contribution in [0.4, 0.5) is 10.5 Å². The molecule has 5 heteroatoms. The molecule has 1 aromatic carbocycles. The van der Waals surface area contributed by atoms with Crippen LogP contribution in [0.25, 0.3) is 0 Å². The maximum absolute atomic E-state index is 12.2. The van der Waals surface area contributed by atoms with E-state index in [0.29, 0.717) is 13.1 Å². The number of rotatable bonds is 1. The van der Waals surface area contributed by atoms with Crippen LogP contribution in [0.3, 0.4) is 0 Å². The highest BCUT2D eigenvalue weighted by Crippen LogP contribution is 2.27. The number of fused-ring (bicyclic) bond motifs is 1. The number of piperazine rings is 1. The maximum atomic E-state index is 12.2. The molecule has 23 heavy (non-hydrogen) atoms. The fraction of sp³-hybridized carbons (Fsp3) is 0.611. The van der Waals surface area contributed by atoms with E-state index in [0.717, 1.165) is 32.6 Å². The highest BCUT2D eigenvalue weighted by atomic mass is 16.6. The SMILES string of the molecule is CC(C)(C)OC(=O)N1CCN(c2cccc3c2CNCC3)CC1. The van der Waals surface area contributed by atoms with E-state index in [4.69, 9.17) is 4.74 Å². The van der Waals surface area contributed by atoms with Gasteiger partial charge in [-0.25, -0.2) is 4.79 Å². The van der Waals surface area contributed by atoms with Crippen LogP contribution < -0.4 is 10.2 Å². The normalized spacial score (nSPS) is 18.6. The molecule has 1 amide bonds. The first-order valence-corrected chi connectivity index (χ1v) is 8.48. The second kappa shape index (κ2) is 6.40. The Morgan fingerprint density at radius 2 is 1.91 bits per heavy atom. The summed E-state index contributed by atoms with van der Waals surface area (Å²) in [7, 11) is 0. The topological polar surface area (TPSA) is 44.8 Å². The van der Waals surface area contributed by atoms with Crippen LogP contribution in [0.2, 0.25) is 0 Å². The predicted octanol–water partition coefficient (Wildman–Crippen LogP) is 2.39. The fourth-order valence-corrected chi connectivity index (χ4v) is 3.25. The molecule has 1 saturated heterocycles. The van der Waals surface area contributed by atoms with Gasteiger partial charge in [-0.1, -0.05) is 12.1 Å². The summed E-state index contributed by atoms with van der Waals surface area (Å²) in [4.78, 5) is 16.4. The molecule has 1 fully saturated rings. The first-order chi connectivity index (χ1) is 10.9. The van der Waals surface area contributed by atoms with Crippen molar-refractivity contribution in [2.24, 2.45) is 0 Å². The van der Waals surface area contributed by atoms with Crippen molar-refractivity contribution in [1.82, 2.24) is 10.2 Å². The van der Waals surface area contributed by atoms with Crippen LogP contribution in [0.5, 0.6) is 0 Å². The van der Waals surface area contributed by atoms with Crippen molar-refractivity contribution >= 4 is 11.8 Å². The Morgan fingerprint density at radius 1 is 1.17 bits per heavy atom. The molecule has 0 spiro atoms. The van der Waals surface area contributed by atoms with Gasteiger partial charge >= 0.3 is 6.09 Å². The Bertz CT molecular complexity index is 572. The maximum Gasteiger partial charge on any atom is 0.410 e. The molecule has 2 aliphatic rings. The second-order valence-electron chi connectivity index (χ2n) is 7.30. The lowest BCUT2D eigenvalue weighted by Crippen LogP contribution is -2.50. The summed E-state index contributed by atoms with van der Waals surface area (Å²) >= 11 is 0. The van der Waals surface area contributed by atoms with Crippen molar-refractivity contribution in [3.63, 3.8) is 0 Å². The van der Waals surface area contributed by atoms with E-state index in [9.17, 15) is 4.79 Å². The monoisotopic (exact) mass is 317 g/mol. The van der Waals surface area contributed by atoms with Crippen LogP contribution in [-0.4, -0.2) is 49.3 Å². The number of benzene rings is 1. The van der Waals surface area contributed by atoms with E-state index >= 15 is 0 Å². The van der Waals surface area contributed by atoms with Gasteiger partial charge in [0.25, 0.3) is 0 Å². The zero-order chi connectivity index (χ0) is 16.4. The van der Waals surface area contributed by atoms with E-state index in [-0.39, 0.29) is 6.09 Å². The second-order valence-corrected chi connectivity index (χ2v) is 7.30. The highest BCUT2D eigenvalue weighted by Gasteiger charge is 2.27. The molecule has 2 heterocycles. The van der Waals surface area contributed by atoms with Crippen molar-refractivity contribution in [1.29, 1.82) is 0 Å². The van der Waals surface area contributed by atoms with Gasteiger partial charge < -0.3 is 19.9 Å². The molecule has 1 N–H and O–H groups in total. The molecule has 1 aromatic rings. The summed E-state index contributed by atoms with van der Waals surface area (Å²) in [5.74, 6) is 0. The molecule has 2 aliphatic heterocycles. The lowest BCUT2D eigenvalue weighted by atomic mass is 9.98. The van der Waals surface area contributed by atoms with Gasteiger partial charge in [-0.15, -0.1) is 0 Å². The number of nitrogens with zero attached hydrogens (tertiary/aromatic N) is 2. The van der Waals surface area contributed by atoms with Crippen LogP contribution in [0.15, 0.2) is 18.2 Å². The average Bonchev–Trinajstić information content (AvgIpc) is 2.53. The van der Waals surface area contributed by atoms with Gasteiger partial charge in [-0.2, -0.15) is 0 Å².